The highest BCUT2D eigenvalue weighted by Gasteiger charge is 2.32. The Balaban J connectivity index is 2.13. The summed E-state index contributed by atoms with van der Waals surface area (Å²) in [6, 6.07) is 13.4. The fraction of sp³-hybridized carbons (Fsp3) is 0.393. The van der Waals surface area contributed by atoms with Gasteiger partial charge < -0.3 is 43.6 Å². The molecule has 0 spiro atoms. The zero-order valence-corrected chi connectivity index (χ0v) is 23.0. The molecule has 12 N–H and O–H groups in total. The number of guanidine groups is 1. The van der Waals surface area contributed by atoms with Crippen molar-refractivity contribution in [1.82, 2.24) is 21.3 Å². The lowest BCUT2D eigenvalue weighted by Crippen LogP contribution is -2.60. The summed E-state index contributed by atoms with van der Waals surface area (Å²) >= 11 is 0. The number of primary amides is 1. The molecule has 13 nitrogen and oxygen atoms in total. The number of rotatable bonds is 16. The van der Waals surface area contributed by atoms with Crippen molar-refractivity contribution in [1.29, 1.82) is 5.41 Å². The van der Waals surface area contributed by atoms with Crippen LogP contribution in [0, 0.1) is 5.41 Å². The Hall–Kier alpha value is -4.49. The van der Waals surface area contributed by atoms with E-state index in [1.807, 2.05) is 36.4 Å². The van der Waals surface area contributed by atoms with Gasteiger partial charge in [-0.1, -0.05) is 60.7 Å². The van der Waals surface area contributed by atoms with Gasteiger partial charge in [0, 0.05) is 13.0 Å². The zero-order chi connectivity index (χ0) is 30.4. The molecule has 0 aliphatic heterocycles. The van der Waals surface area contributed by atoms with Gasteiger partial charge >= 0.3 is 0 Å². The van der Waals surface area contributed by atoms with E-state index in [0.717, 1.165) is 11.1 Å². The predicted molar refractivity (Wildman–Crippen MR) is 154 cm³/mol. The SMILES string of the molecule is C[C@@H](O)[C@H](NC(=O)[C@@H](N)Cc1ccccc1)C(=O)N[C@@H](CCCNC(=N)N)C(=O)N[C@@H](Cc1ccccc1)C(N)=O. The summed E-state index contributed by atoms with van der Waals surface area (Å²) in [5.74, 6) is -3.17. The molecule has 5 atom stereocenters. The van der Waals surface area contributed by atoms with Crippen molar-refractivity contribution in [2.45, 2.75) is 62.9 Å². The number of carbonyl (C=O) groups excluding carboxylic acids is 4. The van der Waals surface area contributed by atoms with Crippen molar-refractivity contribution < 1.29 is 24.3 Å². The summed E-state index contributed by atoms with van der Waals surface area (Å²) in [7, 11) is 0. The molecule has 0 radical (unpaired) electrons. The van der Waals surface area contributed by atoms with Crippen LogP contribution >= 0.6 is 0 Å². The van der Waals surface area contributed by atoms with E-state index >= 15 is 0 Å². The molecule has 41 heavy (non-hydrogen) atoms. The molecule has 0 fully saturated rings. The van der Waals surface area contributed by atoms with Gasteiger partial charge in [-0.05, 0) is 37.3 Å². The number of hydrogen-bond donors (Lipinski definition) is 9. The second-order valence-electron chi connectivity index (χ2n) is 9.72. The first-order valence-corrected chi connectivity index (χ1v) is 13.3. The van der Waals surface area contributed by atoms with Crippen molar-refractivity contribution in [3.63, 3.8) is 0 Å². The highest BCUT2D eigenvalue weighted by atomic mass is 16.3. The smallest absolute Gasteiger partial charge is 0.245 e. The normalized spacial score (nSPS) is 14.4. The summed E-state index contributed by atoms with van der Waals surface area (Å²) in [4.78, 5) is 51.3. The number of nitrogens with one attached hydrogen (secondary N) is 5. The van der Waals surface area contributed by atoms with Gasteiger partial charge in [-0.15, -0.1) is 0 Å². The second-order valence-corrected chi connectivity index (χ2v) is 9.72. The number of nitrogens with two attached hydrogens (primary N) is 3. The average molecular weight is 569 g/mol. The van der Waals surface area contributed by atoms with Crippen LogP contribution in [-0.4, -0.2) is 71.5 Å². The van der Waals surface area contributed by atoms with Crippen LogP contribution in [0.2, 0.25) is 0 Å². The Labute approximate surface area is 239 Å². The van der Waals surface area contributed by atoms with E-state index in [-0.39, 0.29) is 31.8 Å². The quantitative estimate of drug-likeness (QED) is 0.0646. The average Bonchev–Trinajstić information content (AvgIpc) is 2.93. The van der Waals surface area contributed by atoms with E-state index in [1.165, 1.54) is 6.92 Å². The van der Waals surface area contributed by atoms with E-state index in [2.05, 4.69) is 21.3 Å². The fourth-order valence-corrected chi connectivity index (χ4v) is 4.03. The molecule has 0 bridgehead atoms. The Kier molecular flexibility index (Phi) is 13.2. The first kappa shape index (κ1) is 32.7. The topological polar surface area (TPSA) is 239 Å². The molecule has 0 saturated heterocycles. The highest BCUT2D eigenvalue weighted by Crippen LogP contribution is 2.07. The molecule has 0 unspecified atom stereocenters. The summed E-state index contributed by atoms with van der Waals surface area (Å²) in [6.45, 7) is 1.56. The summed E-state index contributed by atoms with van der Waals surface area (Å²) in [6.07, 6.45) is -0.568. The zero-order valence-electron chi connectivity index (χ0n) is 23.0. The van der Waals surface area contributed by atoms with Crippen molar-refractivity contribution in [3.05, 3.63) is 71.8 Å². The molecule has 2 aromatic rings. The van der Waals surface area contributed by atoms with E-state index in [1.54, 1.807) is 24.3 Å². The van der Waals surface area contributed by atoms with Gasteiger partial charge in [0.15, 0.2) is 5.96 Å². The highest BCUT2D eigenvalue weighted by molar-refractivity contribution is 5.95. The minimum Gasteiger partial charge on any atom is -0.391 e. The first-order valence-electron chi connectivity index (χ1n) is 13.3. The Morgan fingerprint density at radius 1 is 0.805 bits per heavy atom. The molecule has 13 heteroatoms. The van der Waals surface area contributed by atoms with Crippen LogP contribution in [-0.2, 0) is 32.0 Å². The monoisotopic (exact) mass is 568 g/mol. The van der Waals surface area contributed by atoms with Gasteiger partial charge in [-0.2, -0.15) is 0 Å². The molecule has 0 saturated carbocycles. The van der Waals surface area contributed by atoms with E-state index in [0.29, 0.717) is 6.42 Å². The first-order chi connectivity index (χ1) is 19.5. The van der Waals surface area contributed by atoms with Crippen molar-refractivity contribution in [3.8, 4) is 0 Å². The number of amides is 4. The van der Waals surface area contributed by atoms with Crippen LogP contribution in [0.5, 0.6) is 0 Å². The maximum absolute atomic E-state index is 13.2. The lowest BCUT2D eigenvalue weighted by Gasteiger charge is -2.27. The number of aliphatic hydroxyl groups excluding tert-OH is 1. The minimum atomic E-state index is -1.41. The molecular formula is C28H40N8O5. The van der Waals surface area contributed by atoms with Crippen LogP contribution in [0.1, 0.15) is 30.9 Å². The van der Waals surface area contributed by atoms with E-state index < -0.39 is 53.9 Å². The number of benzene rings is 2. The van der Waals surface area contributed by atoms with E-state index in [9.17, 15) is 24.3 Å². The molecule has 0 aliphatic rings. The van der Waals surface area contributed by atoms with Gasteiger partial charge in [0.05, 0.1) is 12.1 Å². The molecule has 4 amide bonds. The third-order valence-electron chi connectivity index (χ3n) is 6.26. The van der Waals surface area contributed by atoms with Crippen molar-refractivity contribution >= 4 is 29.6 Å². The predicted octanol–water partition coefficient (Wildman–Crippen LogP) is -1.62. The van der Waals surface area contributed by atoms with Crippen LogP contribution in [0.4, 0.5) is 0 Å². The maximum Gasteiger partial charge on any atom is 0.245 e. The minimum absolute atomic E-state index is 0.0860. The summed E-state index contributed by atoms with van der Waals surface area (Å²) < 4.78 is 0. The van der Waals surface area contributed by atoms with Gasteiger partial charge in [0.25, 0.3) is 0 Å². The molecule has 222 valence electrons. The van der Waals surface area contributed by atoms with Gasteiger partial charge in [0.2, 0.25) is 23.6 Å². The summed E-state index contributed by atoms with van der Waals surface area (Å²) in [5, 5.41) is 27.8. The maximum atomic E-state index is 13.2. The Bertz CT molecular complexity index is 1160. The molecule has 2 rings (SSSR count). The van der Waals surface area contributed by atoms with Crippen molar-refractivity contribution in [2.75, 3.05) is 6.54 Å². The lowest BCUT2D eigenvalue weighted by molar-refractivity contribution is -0.135. The van der Waals surface area contributed by atoms with Crippen LogP contribution < -0.4 is 38.5 Å². The lowest BCUT2D eigenvalue weighted by atomic mass is 10.0. The molecule has 0 aliphatic carbocycles. The standard InChI is InChI=1S/C28H40N8O5/c1-17(37)23(36-25(39)20(29)15-18-9-4-2-5-10-18)27(41)34-21(13-8-14-33-28(31)32)26(40)35-22(24(30)38)16-19-11-6-3-7-12-19/h2-7,9-12,17,20-23,37H,8,13-16,29H2,1H3,(H2,30,38)(H,34,41)(H,35,40)(H,36,39)(H4,31,32,33)/t17-,20+,21+,22+,23+/m1/s1. The van der Waals surface area contributed by atoms with Crippen LogP contribution in [0.25, 0.3) is 0 Å². The van der Waals surface area contributed by atoms with Crippen LogP contribution in [0.15, 0.2) is 60.7 Å². The van der Waals surface area contributed by atoms with Gasteiger partial charge in [-0.3, -0.25) is 24.6 Å². The van der Waals surface area contributed by atoms with Gasteiger partial charge in [0.1, 0.15) is 18.1 Å². The molecule has 2 aromatic carbocycles. The molecular weight excluding hydrogens is 528 g/mol. The Morgan fingerprint density at radius 2 is 1.34 bits per heavy atom. The van der Waals surface area contributed by atoms with Crippen LogP contribution in [0.3, 0.4) is 0 Å². The molecule has 0 heterocycles. The number of hydrogen-bond acceptors (Lipinski definition) is 7. The Morgan fingerprint density at radius 3 is 1.85 bits per heavy atom. The number of aliphatic hydroxyl groups is 1. The largest absolute Gasteiger partial charge is 0.391 e. The summed E-state index contributed by atoms with van der Waals surface area (Å²) in [5.41, 5.74) is 18.5. The van der Waals surface area contributed by atoms with Crippen molar-refractivity contribution in [2.24, 2.45) is 17.2 Å². The third kappa shape index (κ3) is 11.6. The van der Waals surface area contributed by atoms with E-state index in [4.69, 9.17) is 22.6 Å². The third-order valence-corrected chi connectivity index (χ3v) is 6.26. The van der Waals surface area contributed by atoms with Gasteiger partial charge in [-0.25, -0.2) is 0 Å². The molecule has 0 aromatic heterocycles. The number of carbonyl (C=O) groups is 4. The second kappa shape index (κ2) is 16.6. The fourth-order valence-electron chi connectivity index (χ4n) is 4.03.